The third kappa shape index (κ3) is 4.10. The Bertz CT molecular complexity index is 1110. The van der Waals surface area contributed by atoms with Crippen LogP contribution >= 0.6 is 22.9 Å². The highest BCUT2D eigenvalue weighted by atomic mass is 35.5. The number of rotatable bonds is 7. The lowest BCUT2D eigenvalue weighted by Gasteiger charge is -2.15. The third-order valence-electron chi connectivity index (χ3n) is 4.81. The first-order chi connectivity index (χ1) is 14.6. The van der Waals surface area contributed by atoms with E-state index in [-0.39, 0.29) is 24.1 Å². The number of hydrogen-bond donors (Lipinski definition) is 1. The highest BCUT2D eigenvalue weighted by Crippen LogP contribution is 2.33. The van der Waals surface area contributed by atoms with Gasteiger partial charge in [-0.3, -0.25) is 14.5 Å². The van der Waals surface area contributed by atoms with Gasteiger partial charge in [-0.1, -0.05) is 35.9 Å². The van der Waals surface area contributed by atoms with Crippen molar-refractivity contribution in [1.82, 2.24) is 4.90 Å². The quantitative estimate of drug-likeness (QED) is 0.536. The van der Waals surface area contributed by atoms with Gasteiger partial charge in [0.1, 0.15) is 11.4 Å². The second-order valence-electron chi connectivity index (χ2n) is 6.72. The minimum Gasteiger partial charge on any atom is -0.497 e. The van der Waals surface area contributed by atoms with Gasteiger partial charge in [-0.15, -0.1) is 11.3 Å². The molecule has 152 valence electrons. The molecule has 0 saturated heterocycles. The molecule has 2 heterocycles. The van der Waals surface area contributed by atoms with Gasteiger partial charge in [0.05, 0.1) is 12.7 Å². The zero-order valence-corrected chi connectivity index (χ0v) is 17.8. The fraction of sp³-hybridized carbons (Fsp3) is 0.130. The third-order valence-corrected chi connectivity index (χ3v) is 5.95. The SMILES string of the molecule is COc1cccc(NC2=C(c3cccs3)C(=O)N(CCc3ccc(Cl)cc3)C2=O)c1. The summed E-state index contributed by atoms with van der Waals surface area (Å²) in [5, 5.41) is 5.69. The predicted octanol–water partition coefficient (Wildman–Crippen LogP) is 4.84. The summed E-state index contributed by atoms with van der Waals surface area (Å²) in [6.45, 7) is 0.289. The van der Waals surface area contributed by atoms with Crippen LogP contribution in [0.25, 0.3) is 5.57 Å². The average Bonchev–Trinajstić information content (AvgIpc) is 3.35. The molecule has 4 rings (SSSR count). The van der Waals surface area contributed by atoms with Gasteiger partial charge in [0, 0.05) is 28.2 Å². The van der Waals surface area contributed by atoms with Crippen LogP contribution in [0, 0.1) is 0 Å². The van der Waals surface area contributed by atoms with E-state index in [0.29, 0.717) is 28.5 Å². The first kappa shape index (κ1) is 20.2. The molecule has 0 fully saturated rings. The number of thiophene rings is 1. The molecule has 0 saturated carbocycles. The molecule has 7 heteroatoms. The van der Waals surface area contributed by atoms with Crippen molar-refractivity contribution in [1.29, 1.82) is 0 Å². The maximum atomic E-state index is 13.2. The molecule has 0 spiro atoms. The Kier molecular flexibility index (Phi) is 5.88. The van der Waals surface area contributed by atoms with E-state index in [2.05, 4.69) is 5.32 Å². The lowest BCUT2D eigenvalue weighted by atomic mass is 10.1. The monoisotopic (exact) mass is 438 g/mol. The fourth-order valence-corrected chi connectivity index (χ4v) is 4.18. The summed E-state index contributed by atoms with van der Waals surface area (Å²) in [7, 11) is 1.58. The number of nitrogens with zero attached hydrogens (tertiary/aromatic N) is 1. The van der Waals surface area contributed by atoms with Crippen molar-refractivity contribution in [2.24, 2.45) is 0 Å². The Morgan fingerprint density at radius 1 is 1.03 bits per heavy atom. The number of hydrogen-bond acceptors (Lipinski definition) is 5. The molecule has 2 amide bonds. The Labute approximate surface area is 183 Å². The number of carbonyl (C=O) groups is 2. The highest BCUT2D eigenvalue weighted by molar-refractivity contribution is 7.11. The molecule has 1 aliphatic heterocycles. The number of carbonyl (C=O) groups excluding carboxylic acids is 2. The molecule has 0 bridgehead atoms. The van der Waals surface area contributed by atoms with E-state index >= 15 is 0 Å². The van der Waals surface area contributed by atoms with E-state index < -0.39 is 0 Å². The van der Waals surface area contributed by atoms with Crippen LogP contribution in [0.1, 0.15) is 10.4 Å². The largest absolute Gasteiger partial charge is 0.497 e. The number of imide groups is 1. The van der Waals surface area contributed by atoms with Crippen LogP contribution < -0.4 is 10.1 Å². The van der Waals surface area contributed by atoms with Crippen LogP contribution in [0.15, 0.2) is 71.7 Å². The number of ether oxygens (including phenoxy) is 1. The molecule has 2 aromatic carbocycles. The summed E-state index contributed by atoms with van der Waals surface area (Å²) in [5.41, 5.74) is 2.37. The Hall–Kier alpha value is -3.09. The highest BCUT2D eigenvalue weighted by Gasteiger charge is 2.39. The lowest BCUT2D eigenvalue weighted by molar-refractivity contribution is -0.136. The van der Waals surface area contributed by atoms with Gasteiger partial charge in [0.2, 0.25) is 0 Å². The zero-order valence-electron chi connectivity index (χ0n) is 16.2. The number of amides is 2. The molecular weight excluding hydrogens is 420 g/mol. The lowest BCUT2D eigenvalue weighted by Crippen LogP contribution is -2.34. The number of benzene rings is 2. The first-order valence-corrected chi connectivity index (χ1v) is 10.6. The summed E-state index contributed by atoms with van der Waals surface area (Å²) < 4.78 is 5.26. The summed E-state index contributed by atoms with van der Waals surface area (Å²) in [5.74, 6) is 0.0385. The van der Waals surface area contributed by atoms with Crippen LogP contribution in [0.4, 0.5) is 5.69 Å². The van der Waals surface area contributed by atoms with E-state index in [0.717, 1.165) is 10.4 Å². The van der Waals surface area contributed by atoms with Crippen molar-refractivity contribution >= 4 is 46.0 Å². The Morgan fingerprint density at radius 3 is 2.53 bits per heavy atom. The van der Waals surface area contributed by atoms with Gasteiger partial charge in [-0.25, -0.2) is 0 Å². The van der Waals surface area contributed by atoms with Crippen molar-refractivity contribution in [2.45, 2.75) is 6.42 Å². The molecule has 1 aliphatic rings. The first-order valence-electron chi connectivity index (χ1n) is 9.36. The topological polar surface area (TPSA) is 58.6 Å². The van der Waals surface area contributed by atoms with Crippen molar-refractivity contribution < 1.29 is 14.3 Å². The van der Waals surface area contributed by atoms with E-state index in [1.807, 2.05) is 47.8 Å². The van der Waals surface area contributed by atoms with Crippen LogP contribution in [-0.4, -0.2) is 30.4 Å². The maximum absolute atomic E-state index is 13.2. The molecule has 0 radical (unpaired) electrons. The Morgan fingerprint density at radius 2 is 1.83 bits per heavy atom. The van der Waals surface area contributed by atoms with Gasteiger partial charge in [0.25, 0.3) is 11.8 Å². The van der Waals surface area contributed by atoms with Gasteiger partial charge in [-0.2, -0.15) is 0 Å². The molecule has 5 nitrogen and oxygen atoms in total. The predicted molar refractivity (Wildman–Crippen MR) is 120 cm³/mol. The van der Waals surface area contributed by atoms with E-state index in [4.69, 9.17) is 16.3 Å². The van der Waals surface area contributed by atoms with Crippen LogP contribution in [-0.2, 0) is 16.0 Å². The minimum absolute atomic E-state index is 0.284. The van der Waals surface area contributed by atoms with Crippen LogP contribution in [0.3, 0.4) is 0 Å². The van der Waals surface area contributed by atoms with Crippen LogP contribution in [0.2, 0.25) is 5.02 Å². The number of anilines is 1. The number of halogens is 1. The van der Waals surface area contributed by atoms with Crippen molar-refractivity contribution in [3.8, 4) is 5.75 Å². The van der Waals surface area contributed by atoms with Crippen molar-refractivity contribution in [3.05, 3.63) is 87.2 Å². The fourth-order valence-electron chi connectivity index (χ4n) is 3.28. The molecular formula is C23H19ClN2O3S. The smallest absolute Gasteiger partial charge is 0.278 e. The average molecular weight is 439 g/mol. The second-order valence-corrected chi connectivity index (χ2v) is 8.11. The summed E-state index contributed by atoms with van der Waals surface area (Å²) in [6, 6.07) is 18.4. The van der Waals surface area contributed by atoms with Gasteiger partial charge >= 0.3 is 0 Å². The summed E-state index contributed by atoms with van der Waals surface area (Å²) >= 11 is 7.37. The molecule has 1 aromatic heterocycles. The molecule has 0 aliphatic carbocycles. The maximum Gasteiger partial charge on any atom is 0.278 e. The van der Waals surface area contributed by atoms with Gasteiger partial charge < -0.3 is 10.1 Å². The summed E-state index contributed by atoms with van der Waals surface area (Å²) in [4.78, 5) is 28.4. The molecule has 1 N–H and O–H groups in total. The standard InChI is InChI=1S/C23H19ClN2O3S/c1-29-18-5-2-4-17(14-18)25-21-20(19-6-3-13-30-19)22(27)26(23(21)28)12-11-15-7-9-16(24)10-8-15/h2-10,13-14,25H,11-12H2,1H3. The zero-order chi connectivity index (χ0) is 21.1. The van der Waals surface area contributed by atoms with Crippen molar-refractivity contribution in [3.63, 3.8) is 0 Å². The Balaban J connectivity index is 1.61. The number of methoxy groups -OCH3 is 1. The summed E-state index contributed by atoms with van der Waals surface area (Å²) in [6.07, 6.45) is 0.554. The van der Waals surface area contributed by atoms with Crippen molar-refractivity contribution in [2.75, 3.05) is 19.0 Å². The van der Waals surface area contributed by atoms with Crippen LogP contribution in [0.5, 0.6) is 5.75 Å². The van der Waals surface area contributed by atoms with E-state index in [9.17, 15) is 9.59 Å². The van der Waals surface area contributed by atoms with Gasteiger partial charge in [0.15, 0.2) is 0 Å². The normalized spacial score (nSPS) is 13.9. The molecule has 30 heavy (non-hydrogen) atoms. The second kappa shape index (κ2) is 8.73. The van der Waals surface area contributed by atoms with Gasteiger partial charge in [-0.05, 0) is 47.7 Å². The molecule has 0 atom stereocenters. The number of nitrogens with one attached hydrogen (secondary N) is 1. The molecule has 0 unspecified atom stereocenters. The minimum atomic E-state index is -0.333. The van der Waals surface area contributed by atoms with E-state index in [1.54, 1.807) is 25.3 Å². The van der Waals surface area contributed by atoms with E-state index in [1.165, 1.54) is 16.2 Å². The molecule has 3 aromatic rings.